The summed E-state index contributed by atoms with van der Waals surface area (Å²) >= 11 is 0. The molecule has 0 bridgehead atoms. The number of sulfone groups is 1. The van der Waals surface area contributed by atoms with Crippen LogP contribution in [-0.2, 0) is 19.9 Å². The largest absolute Gasteiger partial charge is 0.479 e. The lowest BCUT2D eigenvalue weighted by atomic mass is 10.1. The Morgan fingerprint density at radius 3 is 2.55 bits per heavy atom. The van der Waals surface area contributed by atoms with E-state index in [4.69, 9.17) is 4.84 Å². The van der Waals surface area contributed by atoms with Crippen LogP contribution in [0.25, 0.3) is 0 Å². The minimum absolute atomic E-state index is 0.250. The lowest BCUT2D eigenvalue weighted by Gasteiger charge is -2.15. The van der Waals surface area contributed by atoms with E-state index in [9.17, 15) is 17.2 Å². The van der Waals surface area contributed by atoms with E-state index in [1.54, 1.807) is 0 Å². The minimum Gasteiger partial charge on any atom is -0.479 e. The van der Waals surface area contributed by atoms with Crippen molar-refractivity contribution in [3.05, 3.63) is 11.8 Å². The predicted octanol–water partition coefficient (Wildman–Crippen LogP) is 1.66. The SMILES string of the molecule is COc1cc(C(F)(F)S(=O)(=O)C2=NOC(C)(C)C2)on1. The zero-order valence-electron chi connectivity index (χ0n) is 10.9. The van der Waals surface area contributed by atoms with E-state index in [0.29, 0.717) is 6.07 Å². The van der Waals surface area contributed by atoms with Gasteiger partial charge in [0, 0.05) is 6.42 Å². The van der Waals surface area contributed by atoms with Crippen LogP contribution in [0.15, 0.2) is 15.7 Å². The molecule has 2 rings (SSSR count). The third-order valence-electron chi connectivity index (χ3n) is 2.60. The van der Waals surface area contributed by atoms with Crippen LogP contribution in [0.1, 0.15) is 26.0 Å². The number of hydrogen-bond acceptors (Lipinski definition) is 7. The lowest BCUT2D eigenvalue weighted by molar-refractivity contribution is 0.0123. The normalized spacial score (nSPS) is 18.6. The molecule has 0 saturated carbocycles. The highest BCUT2D eigenvalue weighted by molar-refractivity contribution is 8.06. The van der Waals surface area contributed by atoms with Crippen LogP contribution in [0.2, 0.25) is 0 Å². The van der Waals surface area contributed by atoms with Gasteiger partial charge in [0.05, 0.1) is 13.2 Å². The molecular weight excluding hydrogens is 298 g/mol. The molecule has 1 aliphatic rings. The number of methoxy groups -OCH3 is 1. The molecule has 0 spiro atoms. The Kier molecular flexibility index (Phi) is 3.23. The van der Waals surface area contributed by atoms with Gasteiger partial charge in [-0.05, 0) is 19.0 Å². The summed E-state index contributed by atoms with van der Waals surface area (Å²) in [5.74, 6) is -1.39. The van der Waals surface area contributed by atoms with Crippen LogP contribution in [0, 0.1) is 0 Å². The summed E-state index contributed by atoms with van der Waals surface area (Å²) in [4.78, 5) is 4.80. The van der Waals surface area contributed by atoms with Crippen molar-refractivity contribution >= 4 is 14.9 Å². The number of halogens is 2. The van der Waals surface area contributed by atoms with E-state index >= 15 is 0 Å². The third kappa shape index (κ3) is 2.23. The standard InChI is InChI=1S/C10H12F2N2O5S/c1-9(2)5-8(14-19-9)20(15,16)10(11,12)6-4-7(17-3)13-18-6/h4H,5H2,1-3H3. The van der Waals surface area contributed by atoms with Crippen molar-refractivity contribution in [2.24, 2.45) is 5.16 Å². The van der Waals surface area contributed by atoms with Crippen LogP contribution in [0.3, 0.4) is 0 Å². The average Bonchev–Trinajstić information content (AvgIpc) is 2.95. The molecule has 0 unspecified atom stereocenters. The molecule has 1 aromatic rings. The van der Waals surface area contributed by atoms with Crippen LogP contribution < -0.4 is 4.74 Å². The number of aromatic nitrogens is 1. The van der Waals surface area contributed by atoms with Gasteiger partial charge in [-0.3, -0.25) is 0 Å². The molecule has 20 heavy (non-hydrogen) atoms. The summed E-state index contributed by atoms with van der Waals surface area (Å²) in [6.45, 7) is 3.07. The average molecular weight is 310 g/mol. The Morgan fingerprint density at radius 1 is 1.45 bits per heavy atom. The Bertz CT molecular complexity index is 650. The first-order valence-electron chi connectivity index (χ1n) is 5.49. The number of alkyl halides is 2. The number of hydrogen-bond donors (Lipinski definition) is 0. The number of rotatable bonds is 3. The van der Waals surface area contributed by atoms with E-state index in [0.717, 1.165) is 0 Å². The van der Waals surface area contributed by atoms with Crippen molar-refractivity contribution in [2.45, 2.75) is 31.1 Å². The van der Waals surface area contributed by atoms with Gasteiger partial charge in [-0.1, -0.05) is 5.16 Å². The molecule has 0 saturated heterocycles. The second kappa shape index (κ2) is 4.40. The van der Waals surface area contributed by atoms with Gasteiger partial charge in [0.1, 0.15) is 5.60 Å². The van der Waals surface area contributed by atoms with Gasteiger partial charge < -0.3 is 14.1 Å². The molecule has 0 fully saturated rings. The van der Waals surface area contributed by atoms with E-state index in [1.807, 2.05) is 0 Å². The highest BCUT2D eigenvalue weighted by atomic mass is 32.2. The second-order valence-electron chi connectivity index (χ2n) is 4.77. The zero-order chi connectivity index (χ0) is 15.2. The molecule has 10 heteroatoms. The van der Waals surface area contributed by atoms with Gasteiger partial charge in [-0.2, -0.15) is 8.78 Å². The Labute approximate surface area is 113 Å². The Morgan fingerprint density at radius 2 is 2.10 bits per heavy atom. The van der Waals surface area contributed by atoms with Crippen molar-refractivity contribution in [3.63, 3.8) is 0 Å². The molecule has 1 aliphatic heterocycles. The first-order valence-corrected chi connectivity index (χ1v) is 6.97. The van der Waals surface area contributed by atoms with Crippen molar-refractivity contribution in [1.82, 2.24) is 5.16 Å². The summed E-state index contributed by atoms with van der Waals surface area (Å²) < 4.78 is 60.9. The van der Waals surface area contributed by atoms with Crippen LogP contribution >= 0.6 is 0 Å². The first kappa shape index (κ1) is 14.7. The predicted molar refractivity (Wildman–Crippen MR) is 63.1 cm³/mol. The van der Waals surface area contributed by atoms with Crippen LogP contribution in [0.4, 0.5) is 8.78 Å². The number of nitrogens with zero attached hydrogens (tertiary/aromatic N) is 2. The quantitative estimate of drug-likeness (QED) is 0.843. The molecule has 2 heterocycles. The molecule has 112 valence electrons. The summed E-state index contributed by atoms with van der Waals surface area (Å²) in [5, 5.41) is 1.35. The molecule has 0 aromatic carbocycles. The van der Waals surface area contributed by atoms with E-state index in [2.05, 4.69) is 19.6 Å². The highest BCUT2D eigenvalue weighted by Gasteiger charge is 2.56. The maximum absolute atomic E-state index is 14.1. The third-order valence-corrected chi connectivity index (χ3v) is 4.32. The minimum atomic E-state index is -5.05. The molecular formula is C10H12F2N2O5S. The summed E-state index contributed by atoms with van der Waals surface area (Å²) in [6.07, 6.45) is -0.254. The van der Waals surface area contributed by atoms with Gasteiger partial charge >= 0.3 is 5.25 Å². The molecule has 0 amide bonds. The maximum atomic E-state index is 14.1. The van der Waals surface area contributed by atoms with Crippen molar-refractivity contribution in [3.8, 4) is 5.88 Å². The van der Waals surface area contributed by atoms with Gasteiger partial charge in [0.15, 0.2) is 5.04 Å². The van der Waals surface area contributed by atoms with E-state index < -0.39 is 31.5 Å². The topological polar surface area (TPSA) is 91.0 Å². The molecule has 0 radical (unpaired) electrons. The Hall–Kier alpha value is -1.71. The maximum Gasteiger partial charge on any atom is 0.410 e. The van der Waals surface area contributed by atoms with Crippen LogP contribution in [0.5, 0.6) is 5.88 Å². The molecule has 0 N–H and O–H groups in total. The summed E-state index contributed by atoms with van der Waals surface area (Å²) in [6, 6.07) is 0.707. The Balaban J connectivity index is 2.38. The van der Waals surface area contributed by atoms with Gasteiger partial charge in [0.25, 0.3) is 15.7 Å². The highest BCUT2D eigenvalue weighted by Crippen LogP contribution is 2.39. The summed E-state index contributed by atoms with van der Waals surface area (Å²) in [7, 11) is -3.87. The number of ether oxygens (including phenoxy) is 1. The molecule has 0 aliphatic carbocycles. The van der Waals surface area contributed by atoms with Crippen LogP contribution in [-0.4, -0.2) is 31.3 Å². The van der Waals surface area contributed by atoms with Crippen molar-refractivity contribution < 1.29 is 31.3 Å². The molecule has 7 nitrogen and oxygen atoms in total. The lowest BCUT2D eigenvalue weighted by Crippen LogP contribution is -2.33. The summed E-state index contributed by atoms with van der Waals surface area (Å²) in [5.41, 5.74) is -0.947. The second-order valence-corrected chi connectivity index (χ2v) is 6.76. The molecule has 1 aromatic heterocycles. The van der Waals surface area contributed by atoms with Crippen molar-refractivity contribution in [1.29, 1.82) is 0 Å². The fourth-order valence-corrected chi connectivity index (χ4v) is 2.85. The zero-order valence-corrected chi connectivity index (χ0v) is 11.7. The molecule has 0 atom stereocenters. The van der Waals surface area contributed by atoms with E-state index in [-0.39, 0.29) is 12.3 Å². The van der Waals surface area contributed by atoms with Gasteiger partial charge in [-0.15, -0.1) is 0 Å². The van der Waals surface area contributed by atoms with Crippen molar-refractivity contribution in [2.75, 3.05) is 7.11 Å². The van der Waals surface area contributed by atoms with Gasteiger partial charge in [0.2, 0.25) is 5.76 Å². The first-order chi connectivity index (χ1) is 9.10. The fraction of sp³-hybridized carbons (Fsp3) is 0.600. The monoisotopic (exact) mass is 310 g/mol. The van der Waals surface area contributed by atoms with E-state index in [1.165, 1.54) is 21.0 Å². The fourth-order valence-electron chi connectivity index (χ4n) is 1.52. The number of oxime groups is 1. The van der Waals surface area contributed by atoms with Gasteiger partial charge in [-0.25, -0.2) is 8.42 Å². The smallest absolute Gasteiger partial charge is 0.410 e.